The second-order valence-electron chi connectivity index (χ2n) is 4.90. The summed E-state index contributed by atoms with van der Waals surface area (Å²) in [7, 11) is 1.70. The molecule has 0 radical (unpaired) electrons. The van der Waals surface area contributed by atoms with Crippen LogP contribution in [0.15, 0.2) is 26.1 Å². The lowest BCUT2D eigenvalue weighted by Crippen LogP contribution is -2.37. The number of hydrogen-bond donors (Lipinski definition) is 2. The Bertz CT molecular complexity index is 829. The summed E-state index contributed by atoms with van der Waals surface area (Å²) in [5.41, 5.74) is 0.453. The predicted molar refractivity (Wildman–Crippen MR) is 71.1 cm³/mol. The smallest absolute Gasteiger partial charge is 0.340 e. The number of aryl methyl sites for hydroxylation is 1. The fraction of sp³-hybridized carbons (Fsp3) is 0.308. The number of aromatic hydroxyl groups is 1. The van der Waals surface area contributed by atoms with Crippen LogP contribution in [0.2, 0.25) is 0 Å². The lowest BCUT2D eigenvalue weighted by atomic mass is 10.1. The van der Waals surface area contributed by atoms with Crippen molar-refractivity contribution >= 4 is 5.91 Å². The van der Waals surface area contributed by atoms with Gasteiger partial charge in [-0.2, -0.15) is 0 Å². The Morgan fingerprint density at radius 2 is 2.14 bits per heavy atom. The van der Waals surface area contributed by atoms with Crippen molar-refractivity contribution in [1.82, 2.24) is 14.7 Å². The first-order valence-electron chi connectivity index (χ1n) is 6.36. The second-order valence-corrected chi connectivity index (χ2v) is 4.90. The molecule has 8 heteroatoms. The van der Waals surface area contributed by atoms with Gasteiger partial charge in [0, 0.05) is 25.2 Å². The third-order valence-electron chi connectivity index (χ3n) is 3.52. The van der Waals surface area contributed by atoms with Gasteiger partial charge in [-0.3, -0.25) is 19.4 Å². The van der Waals surface area contributed by atoms with Crippen LogP contribution in [0.25, 0.3) is 0 Å². The maximum Gasteiger partial charge on any atom is 0.340 e. The summed E-state index contributed by atoms with van der Waals surface area (Å²) in [6.07, 6.45) is 0.431. The van der Waals surface area contributed by atoms with Gasteiger partial charge in [-0.1, -0.05) is 0 Å². The molecule has 2 N–H and O–H groups in total. The molecule has 1 aliphatic rings. The molecule has 1 aliphatic heterocycles. The molecule has 2 aromatic heterocycles. The van der Waals surface area contributed by atoms with E-state index in [1.165, 1.54) is 4.90 Å². The first-order valence-corrected chi connectivity index (χ1v) is 6.36. The summed E-state index contributed by atoms with van der Waals surface area (Å²) in [6.45, 7) is 0.584. The molecule has 0 atom stereocenters. The van der Waals surface area contributed by atoms with E-state index in [2.05, 4.69) is 5.10 Å². The third-order valence-corrected chi connectivity index (χ3v) is 3.52. The zero-order valence-corrected chi connectivity index (χ0v) is 11.3. The average molecular weight is 291 g/mol. The molecule has 0 aromatic carbocycles. The number of nitrogens with zero attached hydrogens (tertiary/aromatic N) is 2. The number of aromatic nitrogens is 2. The van der Waals surface area contributed by atoms with Crippen molar-refractivity contribution < 1.29 is 14.3 Å². The molecule has 0 unspecified atom stereocenters. The number of carbonyl (C=O) groups is 1. The number of amides is 1. The summed E-state index contributed by atoms with van der Waals surface area (Å²) in [5.74, 6) is -1.03. The third kappa shape index (κ3) is 2.24. The van der Waals surface area contributed by atoms with E-state index in [-0.39, 0.29) is 23.6 Å². The zero-order valence-electron chi connectivity index (χ0n) is 11.3. The first-order chi connectivity index (χ1) is 9.95. The maximum absolute atomic E-state index is 12.3. The lowest BCUT2D eigenvalue weighted by molar-refractivity contribution is 0.0692. The van der Waals surface area contributed by atoms with Crippen molar-refractivity contribution in [3.8, 4) is 5.75 Å². The van der Waals surface area contributed by atoms with Crippen molar-refractivity contribution in [1.29, 1.82) is 0 Å². The Kier molecular flexibility index (Phi) is 2.93. The number of rotatable bonds is 1. The van der Waals surface area contributed by atoms with Crippen LogP contribution in [0.5, 0.6) is 5.75 Å². The minimum absolute atomic E-state index is 0.150. The Labute approximate surface area is 118 Å². The van der Waals surface area contributed by atoms with Crippen LogP contribution in [0.1, 0.15) is 21.8 Å². The van der Waals surface area contributed by atoms with Crippen molar-refractivity contribution in [3.63, 3.8) is 0 Å². The molecule has 0 saturated heterocycles. The van der Waals surface area contributed by atoms with E-state index in [4.69, 9.17) is 4.42 Å². The molecule has 0 bridgehead atoms. The fourth-order valence-electron chi connectivity index (χ4n) is 2.49. The Balaban J connectivity index is 1.92. The molecule has 0 fully saturated rings. The summed E-state index contributed by atoms with van der Waals surface area (Å²) in [6, 6.07) is 2.00. The van der Waals surface area contributed by atoms with Gasteiger partial charge in [-0.05, 0) is 6.42 Å². The summed E-state index contributed by atoms with van der Waals surface area (Å²) < 4.78 is 6.39. The van der Waals surface area contributed by atoms with E-state index >= 15 is 0 Å². The Hall–Kier alpha value is -2.77. The van der Waals surface area contributed by atoms with Crippen LogP contribution < -0.4 is 11.2 Å². The number of fused-ring (bicyclic) bond motifs is 1. The minimum Gasteiger partial charge on any atom is -0.508 e. The first kappa shape index (κ1) is 13.2. The number of H-pyrrole nitrogens is 1. The van der Waals surface area contributed by atoms with Crippen LogP contribution in [0, 0.1) is 0 Å². The summed E-state index contributed by atoms with van der Waals surface area (Å²) in [4.78, 5) is 36.6. The fourth-order valence-corrected chi connectivity index (χ4v) is 2.49. The lowest BCUT2D eigenvalue weighted by Gasteiger charge is -2.26. The van der Waals surface area contributed by atoms with Gasteiger partial charge in [0.2, 0.25) is 0 Å². The van der Waals surface area contributed by atoms with Gasteiger partial charge in [0.05, 0.1) is 18.3 Å². The van der Waals surface area contributed by atoms with Crippen molar-refractivity contribution in [3.05, 3.63) is 49.9 Å². The molecule has 21 heavy (non-hydrogen) atoms. The van der Waals surface area contributed by atoms with Crippen LogP contribution in [0.3, 0.4) is 0 Å². The SMILES string of the molecule is Cn1[nH]c(=O)c2c1CN(C(=O)c1cc(O)cc(=O)o1)CC2. The molecule has 2 aromatic rings. The molecule has 0 saturated carbocycles. The monoisotopic (exact) mass is 291 g/mol. The highest BCUT2D eigenvalue weighted by Gasteiger charge is 2.27. The molecule has 1 amide bonds. The predicted octanol–water partition coefficient (Wildman–Crippen LogP) is -0.429. The van der Waals surface area contributed by atoms with Gasteiger partial charge in [0.25, 0.3) is 11.5 Å². The molecule has 3 rings (SSSR count). The van der Waals surface area contributed by atoms with Crippen LogP contribution in [0.4, 0.5) is 0 Å². The summed E-state index contributed by atoms with van der Waals surface area (Å²) in [5, 5.41) is 12.0. The van der Waals surface area contributed by atoms with Gasteiger partial charge in [-0.25, -0.2) is 4.79 Å². The molecule has 8 nitrogen and oxygen atoms in total. The van der Waals surface area contributed by atoms with Gasteiger partial charge in [0.15, 0.2) is 5.76 Å². The van der Waals surface area contributed by atoms with Crippen LogP contribution >= 0.6 is 0 Å². The van der Waals surface area contributed by atoms with Gasteiger partial charge < -0.3 is 14.4 Å². The standard InChI is InChI=1S/C13H13N3O5/c1-15-9-6-16(3-2-8(9)12(19)14-15)13(20)10-4-7(17)5-11(18)21-10/h4-5,17H,2-3,6H2,1H3,(H,14,19). The van der Waals surface area contributed by atoms with Gasteiger partial charge in [-0.15, -0.1) is 0 Å². The topological polar surface area (TPSA) is 109 Å². The van der Waals surface area contributed by atoms with Crippen molar-refractivity contribution in [2.24, 2.45) is 7.05 Å². The molecular formula is C13H13N3O5. The quantitative estimate of drug-likeness (QED) is 0.741. The molecular weight excluding hydrogens is 278 g/mol. The molecule has 3 heterocycles. The molecule has 110 valence electrons. The zero-order chi connectivity index (χ0) is 15.1. The van der Waals surface area contributed by atoms with Crippen LogP contribution in [-0.2, 0) is 20.0 Å². The Morgan fingerprint density at radius 1 is 1.38 bits per heavy atom. The van der Waals surface area contributed by atoms with E-state index in [1.807, 2.05) is 0 Å². The maximum atomic E-state index is 12.3. The van der Waals surface area contributed by atoms with E-state index in [0.717, 1.165) is 17.8 Å². The van der Waals surface area contributed by atoms with E-state index in [0.29, 0.717) is 18.5 Å². The van der Waals surface area contributed by atoms with E-state index in [9.17, 15) is 19.5 Å². The molecule has 0 aliphatic carbocycles. The van der Waals surface area contributed by atoms with Crippen molar-refractivity contribution in [2.75, 3.05) is 6.54 Å². The second kappa shape index (κ2) is 4.65. The summed E-state index contributed by atoms with van der Waals surface area (Å²) >= 11 is 0. The average Bonchev–Trinajstić information content (AvgIpc) is 2.72. The van der Waals surface area contributed by atoms with Gasteiger partial charge >= 0.3 is 5.63 Å². The number of hydrogen-bond acceptors (Lipinski definition) is 5. The van der Waals surface area contributed by atoms with E-state index < -0.39 is 11.5 Å². The van der Waals surface area contributed by atoms with Crippen LogP contribution in [-0.4, -0.2) is 32.2 Å². The normalized spacial score (nSPS) is 14.0. The van der Waals surface area contributed by atoms with Crippen molar-refractivity contribution in [2.45, 2.75) is 13.0 Å². The number of carbonyl (C=O) groups excluding carboxylic acids is 1. The molecule has 0 spiro atoms. The highest BCUT2D eigenvalue weighted by molar-refractivity contribution is 5.91. The number of nitrogens with one attached hydrogen (secondary N) is 1. The Morgan fingerprint density at radius 3 is 2.86 bits per heavy atom. The largest absolute Gasteiger partial charge is 0.508 e. The highest BCUT2D eigenvalue weighted by Crippen LogP contribution is 2.18. The van der Waals surface area contributed by atoms with E-state index in [1.54, 1.807) is 11.7 Å². The number of aromatic amines is 1. The van der Waals surface area contributed by atoms with Gasteiger partial charge in [0.1, 0.15) is 5.75 Å². The minimum atomic E-state index is -0.787. The highest BCUT2D eigenvalue weighted by atomic mass is 16.4.